The summed E-state index contributed by atoms with van der Waals surface area (Å²) < 4.78 is 21.5. The second-order valence-electron chi connectivity index (χ2n) is 8.45. The van der Waals surface area contributed by atoms with Crippen LogP contribution >= 0.6 is 43.8 Å². The molecular weight excluding hydrogens is 625 g/mol. The van der Waals surface area contributed by atoms with Crippen LogP contribution in [0, 0.1) is 10.1 Å². The van der Waals surface area contributed by atoms with E-state index >= 15 is 4.39 Å². The Kier molecular flexibility index (Phi) is 7.41. The lowest BCUT2D eigenvalue weighted by Gasteiger charge is -2.25. The maximum absolute atomic E-state index is 15.8. The summed E-state index contributed by atoms with van der Waals surface area (Å²) in [6.07, 6.45) is -1.24. The van der Waals surface area contributed by atoms with Crippen LogP contribution < -0.4 is 4.31 Å². The first-order valence-electron chi connectivity index (χ1n) is 11.3. The largest absolute Gasteiger partial charge is 0.508 e. The molecule has 1 unspecified atom stereocenters. The molecule has 6 nitrogen and oxygen atoms in total. The van der Waals surface area contributed by atoms with Crippen LogP contribution in [0.1, 0.15) is 0 Å². The van der Waals surface area contributed by atoms with E-state index in [9.17, 15) is 15.2 Å². The number of nitro groups is 1. The number of alkyl halides is 1. The standard InChI is InChI=1S/C27H20Br2FN3O3S/c28-17-1-11-26-24(13-17)25-14-18(29)2-12-27(25)31(26)15-19(30)16-32(20-3-7-22(34)8-4-20)37-23-9-5-21(6-10-23)33(35)36/h1-14,19,34H,15-16H2. The van der Waals surface area contributed by atoms with E-state index in [-0.39, 0.29) is 24.5 Å². The zero-order valence-corrected chi connectivity index (χ0v) is 23.2. The van der Waals surface area contributed by atoms with Crippen LogP contribution in [0.5, 0.6) is 5.75 Å². The van der Waals surface area contributed by atoms with Gasteiger partial charge in [-0.3, -0.25) is 10.1 Å². The number of phenols is 1. The molecule has 0 saturated carbocycles. The number of non-ortho nitro benzene ring substituents is 1. The third-order valence-corrected chi connectivity index (χ3v) is 7.98. The van der Waals surface area contributed by atoms with Crippen LogP contribution in [0.15, 0.2) is 98.8 Å². The van der Waals surface area contributed by atoms with Crippen molar-refractivity contribution in [2.24, 2.45) is 0 Å². The Balaban J connectivity index is 1.45. The van der Waals surface area contributed by atoms with Crippen molar-refractivity contribution in [1.82, 2.24) is 4.57 Å². The van der Waals surface area contributed by atoms with Crippen molar-refractivity contribution in [2.45, 2.75) is 17.6 Å². The lowest BCUT2D eigenvalue weighted by Crippen LogP contribution is -2.27. The number of nitrogens with zero attached hydrogens (tertiary/aromatic N) is 3. The molecule has 188 valence electrons. The van der Waals surface area contributed by atoms with E-state index < -0.39 is 11.1 Å². The van der Waals surface area contributed by atoms with Gasteiger partial charge in [-0.05, 0) is 84.7 Å². The van der Waals surface area contributed by atoms with Crippen LogP contribution in [0.3, 0.4) is 0 Å². The predicted octanol–water partition coefficient (Wildman–Crippen LogP) is 8.49. The third-order valence-electron chi connectivity index (χ3n) is 5.93. The minimum Gasteiger partial charge on any atom is -0.508 e. The first-order chi connectivity index (χ1) is 17.8. The summed E-state index contributed by atoms with van der Waals surface area (Å²) >= 11 is 8.38. The lowest BCUT2D eigenvalue weighted by molar-refractivity contribution is -0.384. The fraction of sp³-hybridized carbons (Fsp3) is 0.111. The number of aromatic nitrogens is 1. The monoisotopic (exact) mass is 643 g/mol. The van der Waals surface area contributed by atoms with Gasteiger partial charge in [-0.25, -0.2) is 4.39 Å². The Hall–Kier alpha value is -3.08. The van der Waals surface area contributed by atoms with Crippen LogP contribution in [0.4, 0.5) is 15.8 Å². The zero-order chi connectivity index (χ0) is 26.1. The molecule has 5 aromatic rings. The molecule has 1 aromatic heterocycles. The number of nitro benzene ring substituents is 1. The van der Waals surface area contributed by atoms with Gasteiger partial charge in [0.25, 0.3) is 5.69 Å². The summed E-state index contributed by atoms with van der Waals surface area (Å²) in [6.45, 7) is 0.194. The first-order valence-corrected chi connectivity index (χ1v) is 13.6. The van der Waals surface area contributed by atoms with Crippen LogP contribution in [-0.4, -0.2) is 27.3 Å². The van der Waals surface area contributed by atoms with Crippen LogP contribution in [0.2, 0.25) is 0 Å². The Bertz CT molecular complexity index is 1530. The first kappa shape index (κ1) is 25.6. The number of fused-ring (bicyclic) bond motifs is 3. The van der Waals surface area contributed by atoms with E-state index in [1.165, 1.54) is 24.1 Å². The van der Waals surface area contributed by atoms with Gasteiger partial charge in [0.15, 0.2) is 0 Å². The number of rotatable bonds is 8. The van der Waals surface area contributed by atoms with Gasteiger partial charge in [-0.1, -0.05) is 31.9 Å². The molecule has 1 atom stereocenters. The average Bonchev–Trinajstić information content (AvgIpc) is 3.16. The molecule has 0 saturated heterocycles. The Labute approximate surface area is 233 Å². The number of hydrogen-bond acceptors (Lipinski definition) is 5. The number of benzene rings is 4. The molecule has 0 amide bonds. The van der Waals surface area contributed by atoms with Crippen LogP contribution in [-0.2, 0) is 6.54 Å². The SMILES string of the molecule is O=[N+]([O-])c1ccc(SN(CC(F)Cn2c3ccc(Br)cc3c3cc(Br)ccc32)c2ccc(O)cc2)cc1. The summed E-state index contributed by atoms with van der Waals surface area (Å²) in [5, 5.41) is 22.8. The van der Waals surface area contributed by atoms with Crippen LogP contribution in [0.25, 0.3) is 21.8 Å². The van der Waals surface area contributed by atoms with E-state index in [2.05, 4.69) is 31.9 Å². The van der Waals surface area contributed by atoms with E-state index in [0.29, 0.717) is 5.69 Å². The Morgan fingerprint density at radius 3 is 2.03 bits per heavy atom. The molecular formula is C27H20Br2FN3O3S. The third kappa shape index (κ3) is 5.61. The van der Waals surface area contributed by atoms with Gasteiger partial charge in [0, 0.05) is 53.5 Å². The smallest absolute Gasteiger partial charge is 0.269 e. The second kappa shape index (κ2) is 10.7. The quantitative estimate of drug-likeness (QED) is 0.104. The number of halogens is 3. The van der Waals surface area contributed by atoms with E-state index in [1.807, 2.05) is 41.0 Å². The lowest BCUT2D eigenvalue weighted by atomic mass is 10.2. The summed E-state index contributed by atoms with van der Waals surface area (Å²) in [4.78, 5) is 11.3. The average molecular weight is 645 g/mol. The molecule has 5 rings (SSSR count). The molecule has 0 radical (unpaired) electrons. The maximum atomic E-state index is 15.8. The minimum absolute atomic E-state index is 0.00598. The van der Waals surface area contributed by atoms with Crippen molar-refractivity contribution in [2.75, 3.05) is 10.8 Å². The highest BCUT2D eigenvalue weighted by Crippen LogP contribution is 2.35. The van der Waals surface area contributed by atoms with Gasteiger partial charge in [0.2, 0.25) is 0 Å². The Morgan fingerprint density at radius 2 is 1.49 bits per heavy atom. The molecule has 10 heteroatoms. The van der Waals surface area contributed by atoms with Gasteiger partial charge in [-0.2, -0.15) is 0 Å². The van der Waals surface area contributed by atoms with E-state index in [0.717, 1.165) is 35.6 Å². The number of aromatic hydroxyl groups is 1. The molecule has 0 aliphatic carbocycles. The molecule has 0 spiro atoms. The molecule has 0 bridgehead atoms. The normalized spacial score (nSPS) is 12.2. The topological polar surface area (TPSA) is 71.5 Å². The highest BCUT2D eigenvalue weighted by atomic mass is 79.9. The van der Waals surface area contributed by atoms with E-state index in [4.69, 9.17) is 0 Å². The predicted molar refractivity (Wildman–Crippen MR) is 154 cm³/mol. The van der Waals surface area contributed by atoms with Gasteiger partial charge >= 0.3 is 0 Å². The second-order valence-corrected chi connectivity index (χ2v) is 11.4. The van der Waals surface area contributed by atoms with Crippen molar-refractivity contribution in [3.05, 3.63) is 104 Å². The van der Waals surface area contributed by atoms with Crippen molar-refractivity contribution < 1.29 is 14.4 Å². The molecule has 1 N–H and O–H groups in total. The summed E-state index contributed by atoms with van der Waals surface area (Å²) in [7, 11) is 0. The number of hydrogen-bond donors (Lipinski definition) is 1. The molecule has 0 aliphatic heterocycles. The molecule has 1 heterocycles. The van der Waals surface area contributed by atoms with Crippen molar-refractivity contribution in [3.63, 3.8) is 0 Å². The highest BCUT2D eigenvalue weighted by Gasteiger charge is 2.20. The summed E-state index contributed by atoms with van der Waals surface area (Å²) in [6, 6.07) is 24.7. The van der Waals surface area contributed by atoms with Crippen molar-refractivity contribution in [3.8, 4) is 5.75 Å². The van der Waals surface area contributed by atoms with E-state index in [1.54, 1.807) is 40.7 Å². The number of anilines is 1. The fourth-order valence-electron chi connectivity index (χ4n) is 4.25. The molecule has 0 fully saturated rings. The van der Waals surface area contributed by atoms with Crippen molar-refractivity contribution in [1.29, 1.82) is 0 Å². The van der Waals surface area contributed by atoms with Gasteiger partial charge < -0.3 is 14.0 Å². The highest BCUT2D eigenvalue weighted by molar-refractivity contribution is 9.10. The van der Waals surface area contributed by atoms with Gasteiger partial charge in [0.1, 0.15) is 11.9 Å². The summed E-state index contributed by atoms with van der Waals surface area (Å²) in [5.41, 5.74) is 2.59. The fourth-order valence-corrected chi connectivity index (χ4v) is 5.95. The molecule has 0 aliphatic rings. The maximum Gasteiger partial charge on any atom is 0.269 e. The minimum atomic E-state index is -1.24. The molecule has 4 aromatic carbocycles. The van der Waals surface area contributed by atoms with Crippen molar-refractivity contribution >= 4 is 77.0 Å². The Morgan fingerprint density at radius 1 is 0.919 bits per heavy atom. The summed E-state index contributed by atoms with van der Waals surface area (Å²) in [5.74, 6) is 0.114. The van der Waals surface area contributed by atoms with Gasteiger partial charge in [-0.15, -0.1) is 0 Å². The molecule has 37 heavy (non-hydrogen) atoms. The zero-order valence-electron chi connectivity index (χ0n) is 19.2. The number of phenolic OH excluding ortho intramolecular Hbond substituents is 1. The van der Waals surface area contributed by atoms with Gasteiger partial charge in [0.05, 0.1) is 18.0 Å².